The van der Waals surface area contributed by atoms with Crippen molar-refractivity contribution in [3.05, 3.63) is 75.6 Å². The lowest BCUT2D eigenvalue weighted by Crippen LogP contribution is -2.35. The summed E-state index contributed by atoms with van der Waals surface area (Å²) in [7, 11) is 0. The highest BCUT2D eigenvalue weighted by Gasteiger charge is 2.14. The fourth-order valence-corrected chi connectivity index (χ4v) is 2.84. The Morgan fingerprint density at radius 2 is 1.73 bits per heavy atom. The molecule has 0 bridgehead atoms. The summed E-state index contributed by atoms with van der Waals surface area (Å²) in [5.74, 6) is -0.951. The monoisotopic (exact) mass is 349 g/mol. The van der Waals surface area contributed by atoms with Crippen molar-refractivity contribution in [1.82, 2.24) is 10.3 Å². The van der Waals surface area contributed by atoms with E-state index in [0.717, 1.165) is 11.1 Å². The van der Waals surface area contributed by atoms with E-state index < -0.39 is 5.91 Å². The summed E-state index contributed by atoms with van der Waals surface area (Å²) >= 11 is 0. The van der Waals surface area contributed by atoms with Gasteiger partial charge in [0.25, 0.3) is 5.91 Å². The maximum absolute atomic E-state index is 12.4. The third-order valence-corrected chi connectivity index (χ3v) is 3.95. The molecule has 2 aromatic carbocycles. The number of pyridine rings is 1. The van der Waals surface area contributed by atoms with Gasteiger partial charge in [0.1, 0.15) is 5.56 Å². The quantitative estimate of drug-likeness (QED) is 0.676. The lowest BCUT2D eigenvalue weighted by molar-refractivity contribution is -0.115. The van der Waals surface area contributed by atoms with Crippen LogP contribution in [0, 0.1) is 13.8 Å². The second-order valence-electron chi connectivity index (χ2n) is 6.18. The number of para-hydroxylation sites is 1. The smallest absolute Gasteiger partial charge is 0.257 e. The molecule has 132 valence electrons. The number of aromatic amines is 1. The first-order valence-corrected chi connectivity index (χ1v) is 8.21. The highest BCUT2D eigenvalue weighted by Crippen LogP contribution is 2.13. The normalized spacial score (nSPS) is 10.5. The van der Waals surface area contributed by atoms with Crippen LogP contribution in [0.1, 0.15) is 21.5 Å². The number of rotatable bonds is 4. The average molecular weight is 349 g/mol. The molecule has 3 N–H and O–H groups in total. The predicted molar refractivity (Wildman–Crippen MR) is 101 cm³/mol. The van der Waals surface area contributed by atoms with Crippen LogP contribution in [0.2, 0.25) is 0 Å². The van der Waals surface area contributed by atoms with Gasteiger partial charge in [0.15, 0.2) is 0 Å². The maximum Gasteiger partial charge on any atom is 0.257 e. The van der Waals surface area contributed by atoms with Crippen molar-refractivity contribution in [2.45, 2.75) is 13.8 Å². The number of H-pyrrole nitrogens is 1. The average Bonchev–Trinajstić information content (AvgIpc) is 2.59. The number of aryl methyl sites for hydroxylation is 2. The maximum atomic E-state index is 12.4. The molecule has 6 heteroatoms. The van der Waals surface area contributed by atoms with Crippen molar-refractivity contribution >= 4 is 28.4 Å². The van der Waals surface area contributed by atoms with Crippen LogP contribution in [0.5, 0.6) is 0 Å². The number of hydrogen-bond acceptors (Lipinski definition) is 3. The summed E-state index contributed by atoms with van der Waals surface area (Å²) in [6, 6.07) is 12.6. The van der Waals surface area contributed by atoms with Gasteiger partial charge in [-0.25, -0.2) is 0 Å². The predicted octanol–water partition coefficient (Wildman–Crippen LogP) is 2.51. The number of anilines is 1. The summed E-state index contributed by atoms with van der Waals surface area (Å²) in [6.07, 6.45) is 1.36. The van der Waals surface area contributed by atoms with Crippen LogP contribution in [0.25, 0.3) is 10.9 Å². The molecule has 0 aliphatic carbocycles. The molecule has 1 heterocycles. The summed E-state index contributed by atoms with van der Waals surface area (Å²) in [5, 5.41) is 5.65. The Balaban J connectivity index is 1.68. The molecular weight excluding hydrogens is 330 g/mol. The molecule has 0 radical (unpaired) electrons. The van der Waals surface area contributed by atoms with Gasteiger partial charge < -0.3 is 15.6 Å². The molecule has 3 rings (SSSR count). The molecule has 0 aliphatic heterocycles. The minimum absolute atomic E-state index is 0.0251. The fourth-order valence-electron chi connectivity index (χ4n) is 2.84. The Morgan fingerprint density at radius 1 is 1.04 bits per heavy atom. The van der Waals surface area contributed by atoms with Gasteiger partial charge in [-0.3, -0.25) is 14.4 Å². The number of carbonyl (C=O) groups excluding carboxylic acids is 2. The first-order valence-electron chi connectivity index (χ1n) is 8.21. The van der Waals surface area contributed by atoms with Gasteiger partial charge in [0.05, 0.1) is 6.54 Å². The first-order chi connectivity index (χ1) is 12.4. The van der Waals surface area contributed by atoms with Crippen LogP contribution >= 0.6 is 0 Å². The summed E-state index contributed by atoms with van der Waals surface area (Å²) in [6.45, 7) is 3.66. The first kappa shape index (κ1) is 17.4. The molecule has 26 heavy (non-hydrogen) atoms. The zero-order valence-corrected chi connectivity index (χ0v) is 14.6. The molecule has 0 aliphatic rings. The van der Waals surface area contributed by atoms with Crippen molar-refractivity contribution in [2.24, 2.45) is 0 Å². The number of fused-ring (bicyclic) bond motifs is 1. The van der Waals surface area contributed by atoms with Gasteiger partial charge in [-0.15, -0.1) is 0 Å². The van der Waals surface area contributed by atoms with E-state index >= 15 is 0 Å². The minimum atomic E-state index is -0.590. The topological polar surface area (TPSA) is 91.1 Å². The fraction of sp³-hybridized carbons (Fsp3) is 0.150. The number of carbonyl (C=O) groups is 2. The van der Waals surface area contributed by atoms with Crippen LogP contribution in [0.4, 0.5) is 5.69 Å². The standard InChI is InChI=1S/C20H19N3O3/c1-12-7-13(2)9-14(8-12)23-18(24)11-22-20(26)16-10-21-17-6-4-3-5-15(17)19(16)25/h3-10H,11H2,1-2H3,(H,21,25)(H,22,26)(H,23,24). The van der Waals surface area contributed by atoms with Crippen molar-refractivity contribution in [3.63, 3.8) is 0 Å². The lowest BCUT2D eigenvalue weighted by Gasteiger charge is -2.09. The van der Waals surface area contributed by atoms with Crippen molar-refractivity contribution in [3.8, 4) is 0 Å². The van der Waals surface area contributed by atoms with Crippen LogP contribution in [-0.4, -0.2) is 23.3 Å². The van der Waals surface area contributed by atoms with Crippen molar-refractivity contribution < 1.29 is 9.59 Å². The number of hydrogen-bond donors (Lipinski definition) is 3. The molecule has 0 fully saturated rings. The third kappa shape index (κ3) is 3.80. The summed E-state index contributed by atoms with van der Waals surface area (Å²) in [5.41, 5.74) is 3.00. The molecule has 0 spiro atoms. The largest absolute Gasteiger partial charge is 0.360 e. The number of aromatic nitrogens is 1. The van der Waals surface area contributed by atoms with Gasteiger partial charge in [-0.2, -0.15) is 0 Å². The molecule has 6 nitrogen and oxygen atoms in total. The number of benzene rings is 2. The van der Waals surface area contributed by atoms with Gasteiger partial charge >= 0.3 is 0 Å². The van der Waals surface area contributed by atoms with Gasteiger partial charge in [0, 0.05) is 22.8 Å². The summed E-state index contributed by atoms with van der Waals surface area (Å²) in [4.78, 5) is 39.6. The lowest BCUT2D eigenvalue weighted by atomic mass is 10.1. The van der Waals surface area contributed by atoms with Crippen molar-refractivity contribution in [1.29, 1.82) is 0 Å². The van der Waals surface area contributed by atoms with E-state index in [-0.39, 0.29) is 23.4 Å². The Kier molecular flexibility index (Phi) is 4.84. The highest BCUT2D eigenvalue weighted by atomic mass is 16.2. The van der Waals surface area contributed by atoms with E-state index in [2.05, 4.69) is 15.6 Å². The Morgan fingerprint density at radius 3 is 2.46 bits per heavy atom. The summed E-state index contributed by atoms with van der Waals surface area (Å²) < 4.78 is 0. The van der Waals surface area contributed by atoms with Crippen LogP contribution in [-0.2, 0) is 4.79 Å². The highest BCUT2D eigenvalue weighted by molar-refractivity contribution is 6.00. The second-order valence-corrected chi connectivity index (χ2v) is 6.18. The zero-order chi connectivity index (χ0) is 18.7. The van der Waals surface area contributed by atoms with Crippen molar-refractivity contribution in [2.75, 3.05) is 11.9 Å². The van der Waals surface area contributed by atoms with E-state index in [9.17, 15) is 14.4 Å². The molecule has 2 amide bonds. The van der Waals surface area contributed by atoms with Crippen LogP contribution < -0.4 is 16.1 Å². The molecule has 0 saturated carbocycles. The minimum Gasteiger partial charge on any atom is -0.360 e. The van der Waals surface area contributed by atoms with E-state index in [1.165, 1.54) is 6.20 Å². The number of nitrogens with one attached hydrogen (secondary N) is 3. The van der Waals surface area contributed by atoms with E-state index in [1.54, 1.807) is 24.3 Å². The van der Waals surface area contributed by atoms with E-state index in [4.69, 9.17) is 0 Å². The van der Waals surface area contributed by atoms with Gasteiger partial charge in [-0.05, 0) is 49.2 Å². The third-order valence-electron chi connectivity index (χ3n) is 3.95. The Labute approximate surface area is 150 Å². The second kappa shape index (κ2) is 7.23. The Hall–Kier alpha value is -3.41. The molecule has 1 aromatic heterocycles. The molecule has 0 atom stereocenters. The van der Waals surface area contributed by atoms with E-state index in [1.807, 2.05) is 32.0 Å². The molecular formula is C20H19N3O3. The number of amides is 2. The van der Waals surface area contributed by atoms with E-state index in [0.29, 0.717) is 16.6 Å². The molecule has 0 saturated heterocycles. The Bertz CT molecular complexity index is 1030. The van der Waals surface area contributed by atoms with Crippen LogP contribution in [0.15, 0.2) is 53.5 Å². The zero-order valence-electron chi connectivity index (χ0n) is 14.6. The van der Waals surface area contributed by atoms with Crippen LogP contribution in [0.3, 0.4) is 0 Å². The van der Waals surface area contributed by atoms with Gasteiger partial charge in [-0.1, -0.05) is 18.2 Å². The molecule has 3 aromatic rings. The van der Waals surface area contributed by atoms with Gasteiger partial charge in [0.2, 0.25) is 11.3 Å². The SMILES string of the molecule is Cc1cc(C)cc(NC(=O)CNC(=O)c2c[nH]c3ccccc3c2=O)c1. The molecule has 0 unspecified atom stereocenters.